The summed E-state index contributed by atoms with van der Waals surface area (Å²) in [4.78, 5) is 10.6. The van der Waals surface area contributed by atoms with Crippen LogP contribution in [0.5, 0.6) is 0 Å². The molecule has 3 atom stereocenters. The third-order valence-electron chi connectivity index (χ3n) is 6.49. The quantitative estimate of drug-likeness (QED) is 0.287. The Bertz CT molecular complexity index is 762. The summed E-state index contributed by atoms with van der Waals surface area (Å²) in [7, 11) is 29.8. The lowest BCUT2D eigenvalue weighted by molar-refractivity contribution is -0.120. The van der Waals surface area contributed by atoms with Crippen LogP contribution in [0.4, 0.5) is 0 Å². The van der Waals surface area contributed by atoms with Crippen LogP contribution in [0.2, 0.25) is 0 Å². The second-order valence-corrected chi connectivity index (χ2v) is 12.4. The van der Waals surface area contributed by atoms with Crippen molar-refractivity contribution >= 4 is 65.3 Å². The lowest BCUT2D eigenvalue weighted by Crippen LogP contribution is -2.40. The predicted octanol–water partition coefficient (Wildman–Crippen LogP) is 0.770. The molecule has 8 radical (unpaired) electrons. The zero-order chi connectivity index (χ0) is 29.1. The highest BCUT2D eigenvalue weighted by atomic mass is 31.0. The molecular weight excluding hydrogens is 538 g/mol. The Morgan fingerprint density at radius 3 is 1.41 bits per heavy atom. The van der Waals surface area contributed by atoms with Gasteiger partial charge in [-0.2, -0.15) is 0 Å². The Morgan fingerprint density at radius 1 is 0.692 bits per heavy atom. The second-order valence-electron chi connectivity index (χ2n) is 10.2. The van der Waals surface area contributed by atoms with Gasteiger partial charge < -0.3 is 15.7 Å². The van der Waals surface area contributed by atoms with E-state index in [1.54, 1.807) is 0 Å². The molecule has 5 heterocycles. The van der Waals surface area contributed by atoms with E-state index in [0.29, 0.717) is 18.6 Å². The van der Waals surface area contributed by atoms with Gasteiger partial charge in [0.2, 0.25) is 0 Å². The summed E-state index contributed by atoms with van der Waals surface area (Å²) in [6.07, 6.45) is 12.0. The summed E-state index contributed by atoms with van der Waals surface area (Å²) in [6, 6.07) is 0. The monoisotopic (exact) mass is 585 g/mol. The molecule has 2 saturated heterocycles. The molecular formula is C25H46B4N5O2P3. The molecule has 0 spiro atoms. The van der Waals surface area contributed by atoms with Crippen molar-refractivity contribution in [3.8, 4) is 0 Å². The SMILES string of the molecule is O=C1CCN(P)CC1.[B]C1(O)CCN(P)CC1.[B]C1=CCN(P)CC1.[B]C1=CCNCC1.[B]C1=CCNCC1. The number of carbonyl (C=O) groups excluding carboxylic acids is 1. The summed E-state index contributed by atoms with van der Waals surface area (Å²) < 4.78 is 6.35. The highest BCUT2D eigenvalue weighted by Gasteiger charge is 2.24. The zero-order valence-electron chi connectivity index (χ0n) is 23.5. The smallest absolute Gasteiger partial charge is 0.135 e. The number of hydrogen-bond acceptors (Lipinski definition) is 7. The van der Waals surface area contributed by atoms with Crippen LogP contribution in [0.1, 0.15) is 44.9 Å². The minimum absolute atomic E-state index is 0.406. The lowest BCUT2D eigenvalue weighted by atomic mass is 9.75. The van der Waals surface area contributed by atoms with Crippen molar-refractivity contribution in [1.82, 2.24) is 24.6 Å². The number of hydrogen-bond donors (Lipinski definition) is 3. The molecule has 5 rings (SSSR count). The van der Waals surface area contributed by atoms with E-state index < -0.39 is 5.50 Å². The van der Waals surface area contributed by atoms with E-state index in [1.165, 1.54) is 0 Å². The Balaban J connectivity index is 0.000000244. The Hall–Kier alpha value is 0.200. The van der Waals surface area contributed by atoms with Gasteiger partial charge in [0.25, 0.3) is 0 Å². The molecule has 3 N–H and O–H groups in total. The maximum Gasteiger partial charge on any atom is 0.135 e. The van der Waals surface area contributed by atoms with Gasteiger partial charge in [-0.05, 0) is 45.2 Å². The third-order valence-corrected chi connectivity index (χ3v) is 8.00. The maximum atomic E-state index is 10.6. The van der Waals surface area contributed by atoms with E-state index in [-0.39, 0.29) is 0 Å². The maximum absolute atomic E-state index is 10.6. The summed E-state index contributed by atoms with van der Waals surface area (Å²) in [6.45, 7) is 9.63. The van der Waals surface area contributed by atoms with Gasteiger partial charge in [0.1, 0.15) is 37.2 Å². The van der Waals surface area contributed by atoms with E-state index in [2.05, 4.69) is 58.9 Å². The number of nitrogens with one attached hydrogen (secondary N) is 2. The van der Waals surface area contributed by atoms with Crippen LogP contribution < -0.4 is 10.6 Å². The number of piperidine rings is 2. The number of ketones is 1. The fourth-order valence-electron chi connectivity index (χ4n) is 3.67. The first-order chi connectivity index (χ1) is 18.5. The van der Waals surface area contributed by atoms with Crippen LogP contribution in [0, 0.1) is 0 Å². The number of aliphatic hydroxyl groups is 1. The number of carbonyl (C=O) groups is 1. The summed E-state index contributed by atoms with van der Waals surface area (Å²) in [5, 5.41) is 15.6. The molecule has 0 aromatic carbocycles. The van der Waals surface area contributed by atoms with Gasteiger partial charge in [-0.1, -0.05) is 46.4 Å². The average Bonchev–Trinajstić information content (AvgIpc) is 2.92. The molecule has 0 aromatic heterocycles. The molecule has 210 valence electrons. The summed E-state index contributed by atoms with van der Waals surface area (Å²) in [5.74, 6) is 0.406. The van der Waals surface area contributed by atoms with Gasteiger partial charge in [0, 0.05) is 70.7 Å². The van der Waals surface area contributed by atoms with Crippen LogP contribution in [0.25, 0.3) is 0 Å². The standard InChI is InChI=1S/C5H11BNOP.C5H9BNP.2C5H8BN.C5H10NOP/c6-5(8)1-3-7(9)4-2-5;6-5-1-3-7(8)4-2-5;2*6-5-1-3-7-4-2-5;7-5-1-3-6(8)4-2-5/h8H,1-4,9H2;1H,2-4,8H2;2*1,7H,2-4H2;1-4,8H2. The van der Waals surface area contributed by atoms with Gasteiger partial charge in [0.15, 0.2) is 0 Å². The van der Waals surface area contributed by atoms with Crippen molar-refractivity contribution in [3.05, 3.63) is 34.6 Å². The topological polar surface area (TPSA) is 71.1 Å². The Labute approximate surface area is 250 Å². The van der Waals surface area contributed by atoms with Crippen LogP contribution >= 0.6 is 28.2 Å². The highest BCUT2D eigenvalue weighted by Crippen LogP contribution is 2.20. The van der Waals surface area contributed by atoms with E-state index >= 15 is 0 Å². The van der Waals surface area contributed by atoms with Gasteiger partial charge in [0.05, 0.1) is 0 Å². The summed E-state index contributed by atoms with van der Waals surface area (Å²) in [5.41, 5.74) is 2.19. The molecule has 7 nitrogen and oxygen atoms in total. The minimum atomic E-state index is -0.896. The van der Waals surface area contributed by atoms with Crippen molar-refractivity contribution in [3.63, 3.8) is 0 Å². The average molecular weight is 585 g/mol. The van der Waals surface area contributed by atoms with Crippen LogP contribution in [0.15, 0.2) is 34.6 Å². The van der Waals surface area contributed by atoms with Crippen molar-refractivity contribution in [1.29, 1.82) is 0 Å². The van der Waals surface area contributed by atoms with Crippen molar-refractivity contribution < 1.29 is 9.90 Å². The fraction of sp³-hybridized carbons (Fsp3) is 0.720. The van der Waals surface area contributed by atoms with Gasteiger partial charge in [-0.15, -0.1) is 16.4 Å². The molecule has 14 heteroatoms. The number of nitrogens with zero attached hydrogens (tertiary/aromatic N) is 3. The van der Waals surface area contributed by atoms with Crippen LogP contribution in [-0.2, 0) is 4.79 Å². The van der Waals surface area contributed by atoms with Crippen molar-refractivity contribution in [2.75, 3.05) is 65.4 Å². The first-order valence-electron chi connectivity index (χ1n) is 13.7. The molecule has 0 amide bonds. The van der Waals surface area contributed by atoms with Gasteiger partial charge in [-0.3, -0.25) is 18.8 Å². The molecule has 0 aromatic rings. The summed E-state index contributed by atoms with van der Waals surface area (Å²) >= 11 is 0. The lowest BCUT2D eigenvalue weighted by Gasteiger charge is -2.33. The molecule has 5 aliphatic rings. The molecule has 0 saturated carbocycles. The molecule has 3 unspecified atom stereocenters. The Morgan fingerprint density at radius 2 is 1.13 bits per heavy atom. The molecule has 0 bridgehead atoms. The normalized spacial score (nSPS) is 23.8. The largest absolute Gasteiger partial charge is 0.400 e. The van der Waals surface area contributed by atoms with Crippen molar-refractivity contribution in [2.24, 2.45) is 0 Å². The van der Waals surface area contributed by atoms with Crippen LogP contribution in [-0.4, -0.2) is 127 Å². The highest BCUT2D eigenvalue weighted by molar-refractivity contribution is 7.13. The Kier molecular flexibility index (Phi) is 20.8. The molecule has 0 aliphatic carbocycles. The minimum Gasteiger partial charge on any atom is -0.400 e. The second kappa shape index (κ2) is 21.8. The first-order valence-corrected chi connectivity index (χ1v) is 15.3. The van der Waals surface area contributed by atoms with E-state index in [1.807, 2.05) is 12.2 Å². The zero-order valence-corrected chi connectivity index (χ0v) is 27.0. The molecule has 5 aliphatic heterocycles. The number of rotatable bonds is 0. The first kappa shape index (κ1) is 37.2. The predicted molar refractivity (Wildman–Crippen MR) is 179 cm³/mol. The van der Waals surface area contributed by atoms with E-state index in [9.17, 15) is 9.90 Å². The van der Waals surface area contributed by atoms with Crippen LogP contribution in [0.3, 0.4) is 0 Å². The third kappa shape index (κ3) is 21.5. The van der Waals surface area contributed by atoms with E-state index in [4.69, 9.17) is 31.4 Å². The number of Topliss-reactive ketones (excluding diaryl/α,β-unsaturated/α-hetero) is 1. The fourth-order valence-corrected chi connectivity index (χ4v) is 4.42. The van der Waals surface area contributed by atoms with Gasteiger partial charge in [-0.25, -0.2) is 0 Å². The van der Waals surface area contributed by atoms with E-state index in [0.717, 1.165) is 114 Å². The molecule has 39 heavy (non-hydrogen) atoms. The molecule has 2 fully saturated rings. The van der Waals surface area contributed by atoms with Crippen molar-refractivity contribution in [2.45, 2.75) is 50.4 Å². The van der Waals surface area contributed by atoms with Gasteiger partial charge >= 0.3 is 0 Å².